The summed E-state index contributed by atoms with van der Waals surface area (Å²) in [6.07, 6.45) is 5.48. The van der Waals surface area contributed by atoms with Gasteiger partial charge in [0.15, 0.2) is 5.76 Å². The molecular weight excluding hydrogens is 322 g/mol. The summed E-state index contributed by atoms with van der Waals surface area (Å²) in [6.45, 7) is 2.11. The SMILES string of the molecule is O=C1CCCN1CCCNC(=O)C1(c2cc(-c3ccco3)on2)CC1. The molecule has 7 nitrogen and oxygen atoms in total. The molecule has 3 heterocycles. The Bertz CT molecular complexity index is 761. The summed E-state index contributed by atoms with van der Waals surface area (Å²) in [5, 5.41) is 7.06. The second-order valence-corrected chi connectivity index (χ2v) is 6.73. The van der Waals surface area contributed by atoms with Gasteiger partial charge in [0.2, 0.25) is 17.6 Å². The van der Waals surface area contributed by atoms with E-state index in [1.54, 1.807) is 24.5 Å². The lowest BCUT2D eigenvalue weighted by Crippen LogP contribution is -2.37. The first kappa shape index (κ1) is 15.9. The third kappa shape index (κ3) is 3.06. The zero-order valence-corrected chi connectivity index (χ0v) is 14.0. The molecule has 2 amide bonds. The highest BCUT2D eigenvalue weighted by Gasteiger charge is 2.53. The third-order valence-electron chi connectivity index (χ3n) is 5.01. The van der Waals surface area contributed by atoms with E-state index in [0.717, 1.165) is 32.2 Å². The van der Waals surface area contributed by atoms with E-state index in [2.05, 4.69) is 10.5 Å². The first-order valence-electron chi connectivity index (χ1n) is 8.76. The summed E-state index contributed by atoms with van der Waals surface area (Å²) in [5.74, 6) is 1.34. The van der Waals surface area contributed by atoms with Gasteiger partial charge in [-0.05, 0) is 37.8 Å². The molecule has 7 heteroatoms. The lowest BCUT2D eigenvalue weighted by molar-refractivity contribution is -0.127. The number of carbonyl (C=O) groups is 2. The zero-order valence-electron chi connectivity index (χ0n) is 14.0. The maximum Gasteiger partial charge on any atom is 0.232 e. The van der Waals surface area contributed by atoms with Gasteiger partial charge in [-0.2, -0.15) is 0 Å². The number of nitrogens with one attached hydrogen (secondary N) is 1. The smallest absolute Gasteiger partial charge is 0.232 e. The van der Waals surface area contributed by atoms with Gasteiger partial charge in [0.1, 0.15) is 0 Å². The van der Waals surface area contributed by atoms with Crippen LogP contribution in [0.2, 0.25) is 0 Å². The van der Waals surface area contributed by atoms with Crippen LogP contribution in [0.1, 0.15) is 37.8 Å². The van der Waals surface area contributed by atoms with Gasteiger partial charge in [0.25, 0.3) is 0 Å². The number of hydrogen-bond donors (Lipinski definition) is 1. The molecule has 0 unspecified atom stereocenters. The Morgan fingerprint density at radius 3 is 2.92 bits per heavy atom. The normalized spacial score (nSPS) is 18.6. The van der Waals surface area contributed by atoms with Crippen LogP contribution < -0.4 is 5.32 Å². The highest BCUT2D eigenvalue weighted by Crippen LogP contribution is 2.48. The van der Waals surface area contributed by atoms with Crippen molar-refractivity contribution in [1.82, 2.24) is 15.4 Å². The predicted molar refractivity (Wildman–Crippen MR) is 88.6 cm³/mol. The molecule has 0 spiro atoms. The predicted octanol–water partition coefficient (Wildman–Crippen LogP) is 2.09. The van der Waals surface area contributed by atoms with Crippen molar-refractivity contribution in [3.8, 4) is 11.5 Å². The van der Waals surface area contributed by atoms with Gasteiger partial charge in [-0.1, -0.05) is 5.16 Å². The molecule has 1 N–H and O–H groups in total. The van der Waals surface area contributed by atoms with Crippen LogP contribution >= 0.6 is 0 Å². The second kappa shape index (κ2) is 6.38. The molecule has 0 atom stereocenters. The lowest BCUT2D eigenvalue weighted by Gasteiger charge is -2.16. The molecule has 2 aromatic rings. The maximum absolute atomic E-state index is 12.6. The van der Waals surface area contributed by atoms with Crippen molar-refractivity contribution < 1.29 is 18.5 Å². The van der Waals surface area contributed by atoms with Gasteiger partial charge in [0, 0.05) is 32.1 Å². The Morgan fingerprint density at radius 2 is 2.24 bits per heavy atom. The number of rotatable bonds is 7. The highest BCUT2D eigenvalue weighted by atomic mass is 16.5. The number of furan rings is 1. The first-order valence-corrected chi connectivity index (χ1v) is 8.76. The van der Waals surface area contributed by atoms with Crippen molar-refractivity contribution in [2.45, 2.75) is 37.5 Å². The van der Waals surface area contributed by atoms with Gasteiger partial charge < -0.3 is 19.2 Å². The Labute approximate surface area is 145 Å². The van der Waals surface area contributed by atoms with Gasteiger partial charge in [-0.15, -0.1) is 0 Å². The van der Waals surface area contributed by atoms with Crippen LogP contribution in [0.5, 0.6) is 0 Å². The van der Waals surface area contributed by atoms with E-state index in [4.69, 9.17) is 8.94 Å². The van der Waals surface area contributed by atoms with E-state index in [0.29, 0.717) is 36.7 Å². The minimum absolute atomic E-state index is 0.0143. The number of aromatic nitrogens is 1. The number of hydrogen-bond acceptors (Lipinski definition) is 5. The van der Waals surface area contributed by atoms with Gasteiger partial charge >= 0.3 is 0 Å². The van der Waals surface area contributed by atoms with Crippen LogP contribution in [0.25, 0.3) is 11.5 Å². The van der Waals surface area contributed by atoms with Crippen molar-refractivity contribution in [2.75, 3.05) is 19.6 Å². The van der Waals surface area contributed by atoms with Crippen molar-refractivity contribution in [2.24, 2.45) is 0 Å². The summed E-state index contributed by atoms with van der Waals surface area (Å²) >= 11 is 0. The summed E-state index contributed by atoms with van der Waals surface area (Å²) < 4.78 is 10.6. The van der Waals surface area contributed by atoms with Crippen LogP contribution in [0.3, 0.4) is 0 Å². The minimum atomic E-state index is -0.572. The molecule has 25 heavy (non-hydrogen) atoms. The van der Waals surface area contributed by atoms with E-state index in [-0.39, 0.29) is 11.8 Å². The monoisotopic (exact) mass is 343 g/mol. The minimum Gasteiger partial charge on any atom is -0.461 e. The number of carbonyl (C=O) groups excluding carboxylic acids is 2. The Morgan fingerprint density at radius 1 is 1.36 bits per heavy atom. The first-order chi connectivity index (χ1) is 12.2. The fourth-order valence-electron chi connectivity index (χ4n) is 3.34. The summed E-state index contributed by atoms with van der Waals surface area (Å²) in [6, 6.07) is 5.36. The molecule has 1 aliphatic carbocycles. The molecule has 4 rings (SSSR count). The molecule has 2 fully saturated rings. The van der Waals surface area contributed by atoms with Gasteiger partial charge in [0.05, 0.1) is 17.4 Å². The standard InChI is InChI=1S/C18H21N3O4/c22-16-5-1-9-21(16)10-3-8-19-17(23)18(6-7-18)15-12-14(25-20-15)13-4-2-11-24-13/h2,4,11-12H,1,3,5-10H2,(H,19,23). The Balaban J connectivity index is 1.31. The average molecular weight is 343 g/mol. The third-order valence-corrected chi connectivity index (χ3v) is 5.01. The van der Waals surface area contributed by atoms with Crippen LogP contribution in [0, 0.1) is 0 Å². The number of likely N-dealkylation sites (tertiary alicyclic amines) is 1. The second-order valence-electron chi connectivity index (χ2n) is 6.73. The Hall–Kier alpha value is -2.57. The van der Waals surface area contributed by atoms with E-state index in [9.17, 15) is 9.59 Å². The molecule has 0 bridgehead atoms. The fraction of sp³-hybridized carbons (Fsp3) is 0.500. The number of amides is 2. The fourth-order valence-corrected chi connectivity index (χ4v) is 3.34. The summed E-state index contributed by atoms with van der Waals surface area (Å²) in [5.41, 5.74) is 0.0868. The molecule has 1 aliphatic heterocycles. The zero-order chi connectivity index (χ0) is 17.3. The topological polar surface area (TPSA) is 88.6 Å². The molecule has 0 radical (unpaired) electrons. The van der Waals surface area contributed by atoms with Crippen molar-refractivity contribution in [1.29, 1.82) is 0 Å². The van der Waals surface area contributed by atoms with Crippen LogP contribution in [0.4, 0.5) is 0 Å². The number of nitrogens with zero attached hydrogens (tertiary/aromatic N) is 2. The van der Waals surface area contributed by atoms with Crippen molar-refractivity contribution in [3.63, 3.8) is 0 Å². The largest absolute Gasteiger partial charge is 0.461 e. The van der Waals surface area contributed by atoms with Crippen LogP contribution in [-0.4, -0.2) is 41.5 Å². The van der Waals surface area contributed by atoms with Crippen LogP contribution in [-0.2, 0) is 15.0 Å². The molecule has 0 aromatic carbocycles. The Kier molecular flexibility index (Phi) is 4.07. The van der Waals surface area contributed by atoms with E-state index in [1.165, 1.54) is 0 Å². The molecule has 132 valence electrons. The summed E-state index contributed by atoms with van der Waals surface area (Å²) in [4.78, 5) is 26.0. The molecular formula is C18H21N3O4. The molecule has 1 saturated heterocycles. The van der Waals surface area contributed by atoms with E-state index in [1.807, 2.05) is 4.90 Å². The molecule has 1 saturated carbocycles. The quantitative estimate of drug-likeness (QED) is 0.778. The molecule has 2 aliphatic rings. The van der Waals surface area contributed by atoms with Gasteiger partial charge in [-0.3, -0.25) is 9.59 Å². The lowest BCUT2D eigenvalue weighted by atomic mass is 10.0. The molecule has 2 aromatic heterocycles. The average Bonchev–Trinajstić information content (AvgIpc) is 3.03. The van der Waals surface area contributed by atoms with Crippen LogP contribution in [0.15, 0.2) is 33.4 Å². The van der Waals surface area contributed by atoms with E-state index >= 15 is 0 Å². The highest BCUT2D eigenvalue weighted by molar-refractivity contribution is 5.90. The van der Waals surface area contributed by atoms with Gasteiger partial charge in [-0.25, -0.2) is 0 Å². The van der Waals surface area contributed by atoms with Crippen molar-refractivity contribution in [3.05, 3.63) is 30.2 Å². The van der Waals surface area contributed by atoms with Crippen molar-refractivity contribution >= 4 is 11.8 Å². The van der Waals surface area contributed by atoms with E-state index < -0.39 is 5.41 Å². The maximum atomic E-state index is 12.6. The summed E-state index contributed by atoms with van der Waals surface area (Å²) in [7, 11) is 0.